The van der Waals surface area contributed by atoms with E-state index in [1.165, 1.54) is 6.07 Å². The molecule has 17 heavy (non-hydrogen) atoms. The number of alkyl halides is 3. The van der Waals surface area contributed by atoms with E-state index >= 15 is 0 Å². The van der Waals surface area contributed by atoms with Gasteiger partial charge in [0.2, 0.25) is 0 Å². The molecule has 0 unspecified atom stereocenters. The molecule has 1 N–H and O–H groups in total. The third-order valence-corrected chi connectivity index (χ3v) is 1.91. The van der Waals surface area contributed by atoms with Crippen molar-refractivity contribution in [1.29, 1.82) is 0 Å². The number of benzene rings is 1. The van der Waals surface area contributed by atoms with E-state index in [0.717, 1.165) is 12.1 Å². The van der Waals surface area contributed by atoms with Gasteiger partial charge in [0, 0.05) is 6.54 Å². The van der Waals surface area contributed by atoms with Gasteiger partial charge in [-0.2, -0.15) is 18.7 Å². The number of hydroxylamine groups is 1. The average Bonchev–Trinajstić information content (AvgIpc) is 2.15. The summed E-state index contributed by atoms with van der Waals surface area (Å²) in [7, 11) is 0. The first-order chi connectivity index (χ1) is 7.68. The standard InChI is InChI=1S/C12H16F3NO/c1-11(2,3)17-16-8-9-5-4-6-10(7-9)12(13,14)15/h4-7,16H,8H2,1-3H3. The Balaban J connectivity index is 2.61. The molecule has 0 aliphatic heterocycles. The van der Waals surface area contributed by atoms with E-state index in [1.54, 1.807) is 6.07 Å². The summed E-state index contributed by atoms with van der Waals surface area (Å²) in [5.41, 5.74) is 2.17. The summed E-state index contributed by atoms with van der Waals surface area (Å²) >= 11 is 0. The molecule has 96 valence electrons. The first-order valence-corrected chi connectivity index (χ1v) is 5.25. The minimum atomic E-state index is -4.30. The fourth-order valence-corrected chi connectivity index (χ4v) is 1.19. The average molecular weight is 247 g/mol. The van der Waals surface area contributed by atoms with Gasteiger partial charge in [0.25, 0.3) is 0 Å². The Morgan fingerprint density at radius 3 is 2.35 bits per heavy atom. The van der Waals surface area contributed by atoms with Crippen LogP contribution < -0.4 is 5.48 Å². The third-order valence-electron chi connectivity index (χ3n) is 1.91. The molecule has 0 fully saturated rings. The van der Waals surface area contributed by atoms with E-state index in [1.807, 2.05) is 20.8 Å². The molecule has 0 saturated carbocycles. The first-order valence-electron chi connectivity index (χ1n) is 5.25. The highest BCUT2D eigenvalue weighted by Crippen LogP contribution is 2.29. The molecule has 0 spiro atoms. The quantitative estimate of drug-likeness (QED) is 0.825. The van der Waals surface area contributed by atoms with Crippen molar-refractivity contribution in [3.63, 3.8) is 0 Å². The summed E-state index contributed by atoms with van der Waals surface area (Å²) in [6.07, 6.45) is -4.30. The Morgan fingerprint density at radius 1 is 1.18 bits per heavy atom. The monoisotopic (exact) mass is 247 g/mol. The zero-order chi connectivity index (χ0) is 13.1. The summed E-state index contributed by atoms with van der Waals surface area (Å²) in [5.74, 6) is 0. The van der Waals surface area contributed by atoms with Crippen molar-refractivity contribution in [2.75, 3.05) is 0 Å². The molecule has 0 amide bonds. The molecule has 0 aromatic heterocycles. The van der Waals surface area contributed by atoms with Crippen LogP contribution in [0.2, 0.25) is 0 Å². The molecular formula is C12H16F3NO. The van der Waals surface area contributed by atoms with Crippen LogP contribution in [-0.2, 0) is 17.6 Å². The van der Waals surface area contributed by atoms with Gasteiger partial charge in [-0.1, -0.05) is 18.2 Å². The van der Waals surface area contributed by atoms with Crippen LogP contribution in [0.4, 0.5) is 13.2 Å². The van der Waals surface area contributed by atoms with E-state index in [0.29, 0.717) is 5.56 Å². The normalized spacial score (nSPS) is 12.8. The van der Waals surface area contributed by atoms with Crippen molar-refractivity contribution >= 4 is 0 Å². The molecule has 0 saturated heterocycles. The highest BCUT2D eigenvalue weighted by molar-refractivity contribution is 5.25. The molecule has 0 aliphatic carbocycles. The van der Waals surface area contributed by atoms with Gasteiger partial charge < -0.3 is 0 Å². The van der Waals surface area contributed by atoms with E-state index in [4.69, 9.17) is 4.84 Å². The van der Waals surface area contributed by atoms with Crippen LogP contribution in [0.5, 0.6) is 0 Å². The maximum absolute atomic E-state index is 12.4. The van der Waals surface area contributed by atoms with Crippen LogP contribution in [0.1, 0.15) is 31.9 Å². The lowest BCUT2D eigenvalue weighted by molar-refractivity contribution is -0.137. The number of rotatable bonds is 3. The zero-order valence-corrected chi connectivity index (χ0v) is 10.1. The Hall–Kier alpha value is -1.07. The smallest absolute Gasteiger partial charge is 0.296 e. The van der Waals surface area contributed by atoms with Gasteiger partial charge in [0.05, 0.1) is 11.2 Å². The Labute approximate surface area is 98.7 Å². The minimum Gasteiger partial charge on any atom is -0.296 e. The van der Waals surface area contributed by atoms with Crippen molar-refractivity contribution in [3.05, 3.63) is 35.4 Å². The highest BCUT2D eigenvalue weighted by Gasteiger charge is 2.30. The fourth-order valence-electron chi connectivity index (χ4n) is 1.19. The number of hydrogen-bond acceptors (Lipinski definition) is 2. The zero-order valence-electron chi connectivity index (χ0n) is 10.1. The van der Waals surface area contributed by atoms with Gasteiger partial charge in [-0.15, -0.1) is 0 Å². The van der Waals surface area contributed by atoms with Gasteiger partial charge in [0.1, 0.15) is 0 Å². The van der Waals surface area contributed by atoms with Crippen LogP contribution in [0, 0.1) is 0 Å². The van der Waals surface area contributed by atoms with Gasteiger partial charge in [-0.3, -0.25) is 4.84 Å². The number of halogens is 3. The number of hydrogen-bond donors (Lipinski definition) is 1. The molecular weight excluding hydrogens is 231 g/mol. The highest BCUT2D eigenvalue weighted by atomic mass is 19.4. The number of nitrogens with one attached hydrogen (secondary N) is 1. The minimum absolute atomic E-state index is 0.237. The predicted octanol–water partition coefficient (Wildman–Crippen LogP) is 3.53. The van der Waals surface area contributed by atoms with Crippen LogP contribution in [0.25, 0.3) is 0 Å². The van der Waals surface area contributed by atoms with E-state index < -0.39 is 11.7 Å². The summed E-state index contributed by atoms with van der Waals surface area (Å²) in [6.45, 7) is 5.80. The summed E-state index contributed by atoms with van der Waals surface area (Å²) in [6, 6.07) is 5.17. The largest absolute Gasteiger partial charge is 0.416 e. The summed E-state index contributed by atoms with van der Waals surface area (Å²) < 4.78 is 37.3. The van der Waals surface area contributed by atoms with E-state index in [2.05, 4.69) is 5.48 Å². The van der Waals surface area contributed by atoms with Gasteiger partial charge >= 0.3 is 6.18 Å². The lowest BCUT2D eigenvalue weighted by atomic mass is 10.1. The van der Waals surface area contributed by atoms with Crippen molar-refractivity contribution < 1.29 is 18.0 Å². The van der Waals surface area contributed by atoms with Crippen LogP contribution in [0.3, 0.4) is 0 Å². The third kappa shape index (κ3) is 5.19. The van der Waals surface area contributed by atoms with Crippen molar-refractivity contribution in [2.24, 2.45) is 0 Å². The Kier molecular flexibility index (Phi) is 4.16. The molecule has 1 aromatic carbocycles. The molecule has 0 aliphatic rings. The van der Waals surface area contributed by atoms with Crippen molar-refractivity contribution in [1.82, 2.24) is 5.48 Å². The second-order valence-corrected chi connectivity index (χ2v) is 4.73. The Morgan fingerprint density at radius 2 is 1.82 bits per heavy atom. The van der Waals surface area contributed by atoms with E-state index in [-0.39, 0.29) is 12.1 Å². The van der Waals surface area contributed by atoms with Crippen LogP contribution >= 0.6 is 0 Å². The maximum Gasteiger partial charge on any atom is 0.416 e. The molecule has 0 heterocycles. The maximum atomic E-state index is 12.4. The van der Waals surface area contributed by atoms with Gasteiger partial charge in [-0.05, 0) is 32.4 Å². The fraction of sp³-hybridized carbons (Fsp3) is 0.500. The van der Waals surface area contributed by atoms with Gasteiger partial charge in [0.15, 0.2) is 0 Å². The topological polar surface area (TPSA) is 21.3 Å². The van der Waals surface area contributed by atoms with Crippen LogP contribution in [-0.4, -0.2) is 5.60 Å². The molecule has 2 nitrogen and oxygen atoms in total. The molecule has 0 bridgehead atoms. The molecule has 5 heteroatoms. The summed E-state index contributed by atoms with van der Waals surface area (Å²) in [5, 5.41) is 0. The van der Waals surface area contributed by atoms with Crippen molar-refractivity contribution in [3.8, 4) is 0 Å². The van der Waals surface area contributed by atoms with Crippen LogP contribution in [0.15, 0.2) is 24.3 Å². The van der Waals surface area contributed by atoms with Gasteiger partial charge in [-0.25, -0.2) is 0 Å². The SMILES string of the molecule is CC(C)(C)ONCc1cccc(C(F)(F)F)c1. The first kappa shape index (κ1) is 14.0. The summed E-state index contributed by atoms with van der Waals surface area (Å²) in [4.78, 5) is 5.23. The molecule has 0 atom stereocenters. The molecule has 1 aromatic rings. The lowest BCUT2D eigenvalue weighted by Crippen LogP contribution is -2.28. The molecule has 0 radical (unpaired) electrons. The molecule has 1 rings (SSSR count). The predicted molar refractivity (Wildman–Crippen MR) is 59.1 cm³/mol. The van der Waals surface area contributed by atoms with E-state index in [9.17, 15) is 13.2 Å². The van der Waals surface area contributed by atoms with Crippen molar-refractivity contribution in [2.45, 2.75) is 39.1 Å². The Bertz CT molecular complexity index is 369. The lowest BCUT2D eigenvalue weighted by Gasteiger charge is -2.19. The second kappa shape index (κ2) is 5.06. The second-order valence-electron chi connectivity index (χ2n) is 4.73.